The monoisotopic (exact) mass is 299 g/mol. The van der Waals surface area contributed by atoms with Crippen LogP contribution in [0.25, 0.3) is 0 Å². The van der Waals surface area contributed by atoms with Crippen molar-refractivity contribution >= 4 is 17.5 Å². The Balaban J connectivity index is 1.86. The largest absolute Gasteiger partial charge is 0.484 e. The van der Waals surface area contributed by atoms with Crippen molar-refractivity contribution in [2.45, 2.75) is 13.0 Å². The molecule has 1 unspecified atom stereocenters. The zero-order valence-corrected chi connectivity index (χ0v) is 12.1. The van der Waals surface area contributed by atoms with Crippen LogP contribution in [0.15, 0.2) is 18.2 Å². The van der Waals surface area contributed by atoms with E-state index >= 15 is 0 Å². The average molecular weight is 300 g/mol. The highest BCUT2D eigenvalue weighted by Gasteiger charge is 2.23. The smallest absolute Gasteiger partial charge is 0.260 e. The number of ether oxygens (including phenoxy) is 2. The van der Waals surface area contributed by atoms with Crippen LogP contribution in [0.3, 0.4) is 0 Å². The SMILES string of the molecule is Cc1cc(OCC(=O)N2CCOC(CO)C2)ccc1Cl. The molecule has 1 heterocycles. The van der Waals surface area contributed by atoms with E-state index in [2.05, 4.69) is 0 Å². The molecular weight excluding hydrogens is 282 g/mol. The molecule has 1 aromatic carbocycles. The predicted molar refractivity (Wildman–Crippen MR) is 75.1 cm³/mol. The Morgan fingerprint density at radius 3 is 3.10 bits per heavy atom. The summed E-state index contributed by atoms with van der Waals surface area (Å²) in [7, 11) is 0. The summed E-state index contributed by atoms with van der Waals surface area (Å²) < 4.78 is 10.8. The lowest BCUT2D eigenvalue weighted by molar-refractivity contribution is -0.142. The number of hydrogen-bond acceptors (Lipinski definition) is 4. The van der Waals surface area contributed by atoms with Crippen LogP contribution in [0.2, 0.25) is 5.02 Å². The molecule has 0 saturated carbocycles. The van der Waals surface area contributed by atoms with Crippen molar-refractivity contribution in [2.75, 3.05) is 32.9 Å². The first kappa shape index (κ1) is 15.1. The van der Waals surface area contributed by atoms with E-state index in [1.165, 1.54) is 0 Å². The van der Waals surface area contributed by atoms with Crippen molar-refractivity contribution < 1.29 is 19.4 Å². The van der Waals surface area contributed by atoms with Gasteiger partial charge in [0.1, 0.15) is 5.75 Å². The fourth-order valence-corrected chi connectivity index (χ4v) is 2.12. The first-order valence-electron chi connectivity index (χ1n) is 6.49. The first-order chi connectivity index (χ1) is 9.60. The van der Waals surface area contributed by atoms with Crippen molar-refractivity contribution in [3.05, 3.63) is 28.8 Å². The summed E-state index contributed by atoms with van der Waals surface area (Å²) in [6.07, 6.45) is -0.300. The van der Waals surface area contributed by atoms with Crippen LogP contribution in [0.1, 0.15) is 5.56 Å². The number of carbonyl (C=O) groups excluding carboxylic acids is 1. The molecule has 1 saturated heterocycles. The minimum absolute atomic E-state index is 0.0286. The van der Waals surface area contributed by atoms with Gasteiger partial charge in [-0.1, -0.05) is 11.6 Å². The van der Waals surface area contributed by atoms with Crippen LogP contribution in [-0.2, 0) is 9.53 Å². The highest BCUT2D eigenvalue weighted by molar-refractivity contribution is 6.31. The molecule has 1 aliphatic heterocycles. The molecule has 0 bridgehead atoms. The number of rotatable bonds is 4. The fourth-order valence-electron chi connectivity index (χ4n) is 2.00. The Morgan fingerprint density at radius 2 is 2.40 bits per heavy atom. The normalized spacial score (nSPS) is 18.9. The van der Waals surface area contributed by atoms with Crippen LogP contribution in [-0.4, -0.2) is 54.9 Å². The van der Waals surface area contributed by atoms with Gasteiger partial charge >= 0.3 is 0 Å². The molecule has 0 aromatic heterocycles. The number of benzene rings is 1. The van der Waals surface area contributed by atoms with Crippen molar-refractivity contribution in [3.63, 3.8) is 0 Å². The minimum atomic E-state index is -0.300. The first-order valence-corrected chi connectivity index (χ1v) is 6.87. The summed E-state index contributed by atoms with van der Waals surface area (Å²) >= 11 is 5.93. The molecule has 1 aromatic rings. The maximum atomic E-state index is 12.0. The van der Waals surface area contributed by atoms with Gasteiger partial charge in [-0.3, -0.25) is 4.79 Å². The highest BCUT2D eigenvalue weighted by Crippen LogP contribution is 2.21. The Kier molecular flexibility index (Phi) is 5.23. The third kappa shape index (κ3) is 3.85. The van der Waals surface area contributed by atoms with Gasteiger partial charge in [0.25, 0.3) is 5.91 Å². The topological polar surface area (TPSA) is 59.0 Å². The maximum Gasteiger partial charge on any atom is 0.260 e. The standard InChI is InChI=1S/C14H18ClNO4/c1-10-6-11(2-3-13(10)15)20-9-14(18)16-4-5-19-12(7-16)8-17/h2-3,6,12,17H,4-5,7-9H2,1H3. The van der Waals surface area contributed by atoms with Gasteiger partial charge in [0.05, 0.1) is 19.3 Å². The van der Waals surface area contributed by atoms with E-state index in [-0.39, 0.29) is 25.2 Å². The van der Waals surface area contributed by atoms with E-state index in [0.717, 1.165) is 5.56 Å². The lowest BCUT2D eigenvalue weighted by atomic mass is 10.2. The van der Waals surface area contributed by atoms with Crippen molar-refractivity contribution in [2.24, 2.45) is 0 Å². The molecule has 1 amide bonds. The fraction of sp³-hybridized carbons (Fsp3) is 0.500. The Bertz CT molecular complexity index is 480. The molecule has 1 N–H and O–H groups in total. The van der Waals surface area contributed by atoms with Gasteiger partial charge in [-0.2, -0.15) is 0 Å². The highest BCUT2D eigenvalue weighted by atomic mass is 35.5. The summed E-state index contributed by atoms with van der Waals surface area (Å²) in [5, 5.41) is 9.72. The molecule has 5 nitrogen and oxygen atoms in total. The Morgan fingerprint density at radius 1 is 1.60 bits per heavy atom. The van der Waals surface area contributed by atoms with Crippen molar-refractivity contribution in [3.8, 4) is 5.75 Å². The van der Waals surface area contributed by atoms with Gasteiger partial charge in [0.2, 0.25) is 0 Å². The number of nitrogens with zero attached hydrogens (tertiary/aromatic N) is 1. The maximum absolute atomic E-state index is 12.0. The van der Waals surface area contributed by atoms with Crippen LogP contribution in [0.5, 0.6) is 5.75 Å². The molecule has 110 valence electrons. The predicted octanol–water partition coefficient (Wildman–Crippen LogP) is 1.25. The van der Waals surface area contributed by atoms with Gasteiger partial charge in [0, 0.05) is 18.1 Å². The molecular formula is C14H18ClNO4. The van der Waals surface area contributed by atoms with Crippen molar-refractivity contribution in [1.29, 1.82) is 0 Å². The Labute approximate surface area is 123 Å². The molecule has 0 aliphatic carbocycles. The van der Waals surface area contributed by atoms with Crippen LogP contribution >= 0.6 is 11.6 Å². The Hall–Kier alpha value is -1.30. The van der Waals surface area contributed by atoms with E-state index < -0.39 is 0 Å². The van der Waals surface area contributed by atoms with Crippen molar-refractivity contribution in [1.82, 2.24) is 4.90 Å². The zero-order chi connectivity index (χ0) is 14.5. The van der Waals surface area contributed by atoms with Gasteiger partial charge < -0.3 is 19.5 Å². The molecule has 2 rings (SSSR count). The molecule has 1 aliphatic rings. The lowest BCUT2D eigenvalue weighted by Crippen LogP contribution is -2.48. The van der Waals surface area contributed by atoms with E-state index in [1.54, 1.807) is 23.1 Å². The van der Waals surface area contributed by atoms with Gasteiger partial charge in [0.15, 0.2) is 6.61 Å². The number of carbonyl (C=O) groups is 1. The summed E-state index contributed by atoms with van der Waals surface area (Å²) in [5.41, 5.74) is 0.906. The number of aliphatic hydroxyl groups excluding tert-OH is 1. The summed E-state index contributed by atoms with van der Waals surface area (Å²) in [6, 6.07) is 5.27. The van der Waals surface area contributed by atoms with Gasteiger partial charge in [-0.25, -0.2) is 0 Å². The van der Waals surface area contributed by atoms with Gasteiger partial charge in [-0.15, -0.1) is 0 Å². The summed E-state index contributed by atoms with van der Waals surface area (Å²) in [6.45, 7) is 3.14. The molecule has 0 spiro atoms. The lowest BCUT2D eigenvalue weighted by Gasteiger charge is -2.31. The number of aryl methyl sites for hydroxylation is 1. The van der Waals surface area contributed by atoms with E-state index in [4.69, 9.17) is 26.2 Å². The average Bonchev–Trinajstić information content (AvgIpc) is 2.48. The molecule has 1 atom stereocenters. The minimum Gasteiger partial charge on any atom is -0.484 e. The second kappa shape index (κ2) is 6.92. The molecule has 1 fully saturated rings. The van der Waals surface area contributed by atoms with Crippen LogP contribution in [0.4, 0.5) is 0 Å². The van der Waals surface area contributed by atoms with Crippen LogP contribution in [0, 0.1) is 6.92 Å². The second-order valence-electron chi connectivity index (χ2n) is 4.71. The molecule has 0 radical (unpaired) electrons. The van der Waals surface area contributed by atoms with E-state index in [0.29, 0.717) is 30.5 Å². The number of amides is 1. The number of hydrogen-bond donors (Lipinski definition) is 1. The molecule has 20 heavy (non-hydrogen) atoms. The van der Waals surface area contributed by atoms with Crippen LogP contribution < -0.4 is 4.74 Å². The number of morpholine rings is 1. The second-order valence-corrected chi connectivity index (χ2v) is 5.12. The third-order valence-electron chi connectivity index (χ3n) is 3.19. The van der Waals surface area contributed by atoms with E-state index in [1.807, 2.05) is 6.92 Å². The molecule has 6 heteroatoms. The zero-order valence-electron chi connectivity index (χ0n) is 11.3. The summed E-state index contributed by atoms with van der Waals surface area (Å²) in [4.78, 5) is 13.7. The number of halogens is 1. The third-order valence-corrected chi connectivity index (χ3v) is 3.61. The van der Waals surface area contributed by atoms with E-state index in [9.17, 15) is 4.79 Å². The quantitative estimate of drug-likeness (QED) is 0.909. The number of aliphatic hydroxyl groups is 1. The van der Waals surface area contributed by atoms with Gasteiger partial charge in [-0.05, 0) is 30.7 Å². The summed E-state index contributed by atoms with van der Waals surface area (Å²) in [5.74, 6) is 0.506.